The quantitative estimate of drug-likeness (QED) is 0.903. The zero-order valence-electron chi connectivity index (χ0n) is 10.8. The van der Waals surface area contributed by atoms with Crippen LogP contribution in [0.4, 0.5) is 0 Å². The molecule has 106 valence electrons. The number of aliphatic hydroxyl groups excluding tert-OH is 1. The highest BCUT2D eigenvalue weighted by Crippen LogP contribution is 2.33. The van der Waals surface area contributed by atoms with Gasteiger partial charge in [0.2, 0.25) is 0 Å². The summed E-state index contributed by atoms with van der Waals surface area (Å²) in [6, 6.07) is 5.20. The highest BCUT2D eigenvalue weighted by atomic mass is 32.2. The summed E-state index contributed by atoms with van der Waals surface area (Å²) in [5.74, 6) is 1.23. The Labute approximate surface area is 113 Å². The number of fused-ring (bicyclic) bond motifs is 1. The van der Waals surface area contributed by atoms with Gasteiger partial charge in [-0.3, -0.25) is 0 Å². The lowest BCUT2D eigenvalue weighted by Crippen LogP contribution is -2.08. The van der Waals surface area contributed by atoms with E-state index in [9.17, 15) is 13.5 Å². The van der Waals surface area contributed by atoms with Crippen LogP contribution in [0.3, 0.4) is 0 Å². The maximum absolute atomic E-state index is 11.1. The summed E-state index contributed by atoms with van der Waals surface area (Å²) in [6.45, 7) is 1.19. The molecule has 0 saturated carbocycles. The second kappa shape index (κ2) is 5.79. The van der Waals surface area contributed by atoms with Crippen LogP contribution < -0.4 is 9.47 Å². The molecule has 2 rings (SSSR count). The average Bonchev–Trinajstić information content (AvgIpc) is 2.59. The summed E-state index contributed by atoms with van der Waals surface area (Å²) in [4.78, 5) is 0. The molecule has 5 nitrogen and oxygen atoms in total. The summed E-state index contributed by atoms with van der Waals surface area (Å²) < 4.78 is 33.2. The Hall–Kier alpha value is -1.27. The van der Waals surface area contributed by atoms with Crippen molar-refractivity contribution in [3.63, 3.8) is 0 Å². The summed E-state index contributed by atoms with van der Waals surface area (Å²) in [5, 5.41) is 9.99. The van der Waals surface area contributed by atoms with Crippen LogP contribution in [0.1, 0.15) is 24.5 Å². The number of sulfone groups is 1. The van der Waals surface area contributed by atoms with Crippen LogP contribution in [-0.4, -0.2) is 38.7 Å². The molecule has 1 heterocycles. The molecule has 0 bridgehead atoms. The lowest BCUT2D eigenvalue weighted by atomic mass is 10.1. The lowest BCUT2D eigenvalue weighted by Gasteiger charge is -2.13. The molecule has 0 spiro atoms. The van der Waals surface area contributed by atoms with Gasteiger partial charge in [-0.05, 0) is 24.1 Å². The molecule has 1 unspecified atom stereocenters. The maximum atomic E-state index is 11.1. The van der Waals surface area contributed by atoms with E-state index < -0.39 is 15.9 Å². The van der Waals surface area contributed by atoms with Crippen molar-refractivity contribution in [3.8, 4) is 11.5 Å². The number of ether oxygens (including phenoxy) is 2. The Morgan fingerprint density at radius 3 is 2.63 bits per heavy atom. The Morgan fingerprint density at radius 2 is 1.95 bits per heavy atom. The molecule has 1 aliphatic rings. The minimum absolute atomic E-state index is 0.0391. The molecule has 19 heavy (non-hydrogen) atoms. The van der Waals surface area contributed by atoms with Crippen LogP contribution in [0.15, 0.2) is 18.2 Å². The SMILES string of the molecule is CS(=O)(=O)CCC(O)c1ccc2c(c1)OCCCO2. The average molecular weight is 286 g/mol. The molecular formula is C13H18O5S. The van der Waals surface area contributed by atoms with Crippen molar-refractivity contribution in [2.45, 2.75) is 18.9 Å². The summed E-state index contributed by atoms with van der Waals surface area (Å²) >= 11 is 0. The van der Waals surface area contributed by atoms with Crippen molar-refractivity contribution in [1.82, 2.24) is 0 Å². The van der Waals surface area contributed by atoms with E-state index >= 15 is 0 Å². The van der Waals surface area contributed by atoms with E-state index in [0.717, 1.165) is 12.7 Å². The third-order valence-electron chi connectivity index (χ3n) is 2.92. The third-order valence-corrected chi connectivity index (χ3v) is 3.90. The normalized spacial score (nSPS) is 16.7. The molecule has 0 aliphatic carbocycles. The topological polar surface area (TPSA) is 72.8 Å². The number of hydrogen-bond donors (Lipinski definition) is 1. The maximum Gasteiger partial charge on any atom is 0.161 e. The van der Waals surface area contributed by atoms with Gasteiger partial charge < -0.3 is 14.6 Å². The largest absolute Gasteiger partial charge is 0.490 e. The van der Waals surface area contributed by atoms with E-state index in [0.29, 0.717) is 30.3 Å². The predicted octanol–water partition coefficient (Wildman–Crippen LogP) is 1.32. The van der Waals surface area contributed by atoms with Gasteiger partial charge in [0.1, 0.15) is 9.84 Å². The van der Waals surface area contributed by atoms with Crippen molar-refractivity contribution >= 4 is 9.84 Å². The number of hydrogen-bond acceptors (Lipinski definition) is 5. The molecule has 1 atom stereocenters. The number of benzene rings is 1. The lowest BCUT2D eigenvalue weighted by molar-refractivity contribution is 0.173. The first-order valence-corrected chi connectivity index (χ1v) is 8.27. The predicted molar refractivity (Wildman–Crippen MR) is 71.3 cm³/mol. The molecule has 0 amide bonds. The van der Waals surface area contributed by atoms with Crippen molar-refractivity contribution in [1.29, 1.82) is 0 Å². The van der Waals surface area contributed by atoms with E-state index in [-0.39, 0.29) is 12.2 Å². The van der Waals surface area contributed by atoms with E-state index in [1.165, 1.54) is 0 Å². The van der Waals surface area contributed by atoms with Crippen LogP contribution in [0, 0.1) is 0 Å². The molecular weight excluding hydrogens is 268 g/mol. The Balaban J connectivity index is 2.10. The van der Waals surface area contributed by atoms with Crippen molar-refractivity contribution in [2.24, 2.45) is 0 Å². The first-order chi connectivity index (χ1) is 8.96. The van der Waals surface area contributed by atoms with Gasteiger partial charge in [0.05, 0.1) is 25.1 Å². The van der Waals surface area contributed by atoms with Gasteiger partial charge in [-0.1, -0.05) is 6.07 Å². The van der Waals surface area contributed by atoms with Gasteiger partial charge in [0.15, 0.2) is 11.5 Å². The zero-order chi connectivity index (χ0) is 13.9. The van der Waals surface area contributed by atoms with Crippen molar-refractivity contribution in [3.05, 3.63) is 23.8 Å². The summed E-state index contributed by atoms with van der Waals surface area (Å²) in [7, 11) is -3.07. The van der Waals surface area contributed by atoms with Gasteiger partial charge in [-0.25, -0.2) is 8.42 Å². The molecule has 1 aromatic rings. The van der Waals surface area contributed by atoms with Crippen molar-refractivity contribution in [2.75, 3.05) is 25.2 Å². The van der Waals surface area contributed by atoms with Gasteiger partial charge in [-0.2, -0.15) is 0 Å². The zero-order valence-corrected chi connectivity index (χ0v) is 11.6. The second-order valence-corrected chi connectivity index (χ2v) is 6.95. The Morgan fingerprint density at radius 1 is 1.26 bits per heavy atom. The van der Waals surface area contributed by atoms with E-state index in [4.69, 9.17) is 9.47 Å². The Kier molecular flexibility index (Phi) is 4.31. The van der Waals surface area contributed by atoms with E-state index in [1.807, 2.05) is 0 Å². The molecule has 0 fully saturated rings. The van der Waals surface area contributed by atoms with Gasteiger partial charge >= 0.3 is 0 Å². The molecule has 1 aromatic carbocycles. The summed E-state index contributed by atoms with van der Waals surface area (Å²) in [5.41, 5.74) is 0.646. The third kappa shape index (κ3) is 4.11. The fraction of sp³-hybridized carbons (Fsp3) is 0.538. The minimum Gasteiger partial charge on any atom is -0.490 e. The second-order valence-electron chi connectivity index (χ2n) is 4.69. The first kappa shape index (κ1) is 14.1. The Bertz CT molecular complexity index is 538. The van der Waals surface area contributed by atoms with E-state index in [1.54, 1.807) is 18.2 Å². The standard InChI is InChI=1S/C13H18O5S/c1-19(15,16)8-5-11(14)10-3-4-12-13(9-10)18-7-2-6-17-12/h3-4,9,11,14H,2,5-8H2,1H3. The highest BCUT2D eigenvalue weighted by molar-refractivity contribution is 7.90. The van der Waals surface area contributed by atoms with Gasteiger partial charge in [-0.15, -0.1) is 0 Å². The summed E-state index contributed by atoms with van der Waals surface area (Å²) in [6.07, 6.45) is 1.35. The number of rotatable bonds is 4. The molecule has 0 aromatic heterocycles. The van der Waals surface area contributed by atoms with Crippen LogP contribution in [0.2, 0.25) is 0 Å². The van der Waals surface area contributed by atoms with Crippen LogP contribution >= 0.6 is 0 Å². The van der Waals surface area contributed by atoms with Crippen molar-refractivity contribution < 1.29 is 23.0 Å². The van der Waals surface area contributed by atoms with Gasteiger partial charge in [0, 0.05) is 12.7 Å². The van der Waals surface area contributed by atoms with Crippen LogP contribution in [-0.2, 0) is 9.84 Å². The van der Waals surface area contributed by atoms with Gasteiger partial charge in [0.25, 0.3) is 0 Å². The highest BCUT2D eigenvalue weighted by Gasteiger charge is 2.16. The molecule has 6 heteroatoms. The molecule has 1 N–H and O–H groups in total. The van der Waals surface area contributed by atoms with Crippen LogP contribution in [0.25, 0.3) is 0 Å². The fourth-order valence-electron chi connectivity index (χ4n) is 1.88. The monoisotopic (exact) mass is 286 g/mol. The molecule has 0 radical (unpaired) electrons. The van der Waals surface area contributed by atoms with E-state index in [2.05, 4.69) is 0 Å². The van der Waals surface area contributed by atoms with Crippen LogP contribution in [0.5, 0.6) is 11.5 Å². The molecule has 1 aliphatic heterocycles. The smallest absolute Gasteiger partial charge is 0.161 e. The first-order valence-electron chi connectivity index (χ1n) is 6.21. The minimum atomic E-state index is -3.07. The fourth-order valence-corrected chi connectivity index (χ4v) is 2.53. The number of aliphatic hydroxyl groups is 1. The molecule has 0 saturated heterocycles.